The number of halogens is 2. The Morgan fingerprint density at radius 3 is 2.50 bits per heavy atom. The molecule has 2 aliphatic heterocycles. The van der Waals surface area contributed by atoms with Crippen molar-refractivity contribution in [2.24, 2.45) is 0 Å². The van der Waals surface area contributed by atoms with Gasteiger partial charge >= 0.3 is 12.0 Å². The SMILES string of the molecule is CCOC(=O)C1=C(CN2CCN(C(=O)c3cccc(F)c3)[C@H](C)C2)N(CC)C(=O)N[C@@H]1c1ccc(Cl)cc1. The Morgan fingerprint density at radius 1 is 1.13 bits per heavy atom. The van der Waals surface area contributed by atoms with Gasteiger partial charge in [0.1, 0.15) is 5.82 Å². The van der Waals surface area contributed by atoms with Crippen molar-refractivity contribution >= 4 is 29.5 Å². The molecule has 2 aromatic carbocycles. The number of esters is 1. The number of nitrogens with zero attached hydrogens (tertiary/aromatic N) is 3. The first-order chi connectivity index (χ1) is 18.2. The van der Waals surface area contributed by atoms with Gasteiger partial charge in [-0.15, -0.1) is 0 Å². The van der Waals surface area contributed by atoms with E-state index in [-0.39, 0.29) is 24.6 Å². The van der Waals surface area contributed by atoms with Gasteiger partial charge in [0, 0.05) is 55.0 Å². The molecule has 1 saturated heterocycles. The Hall–Kier alpha value is -3.43. The first kappa shape index (κ1) is 27.6. The van der Waals surface area contributed by atoms with Crippen molar-refractivity contribution in [3.8, 4) is 0 Å². The van der Waals surface area contributed by atoms with E-state index in [0.717, 1.165) is 5.56 Å². The minimum absolute atomic E-state index is 0.161. The van der Waals surface area contributed by atoms with Crippen LogP contribution in [0.1, 0.15) is 42.7 Å². The number of hydrogen-bond acceptors (Lipinski definition) is 5. The summed E-state index contributed by atoms with van der Waals surface area (Å²) in [6.45, 7) is 7.89. The van der Waals surface area contributed by atoms with Crippen molar-refractivity contribution in [3.05, 3.63) is 81.8 Å². The summed E-state index contributed by atoms with van der Waals surface area (Å²) in [5.41, 5.74) is 1.98. The number of piperazine rings is 1. The molecule has 4 rings (SSSR count). The molecule has 3 amide bonds. The van der Waals surface area contributed by atoms with Crippen LogP contribution < -0.4 is 5.32 Å². The molecular weight excluding hydrogens is 511 g/mol. The molecule has 0 spiro atoms. The van der Waals surface area contributed by atoms with Crippen LogP contribution >= 0.6 is 11.6 Å². The van der Waals surface area contributed by atoms with Crippen molar-refractivity contribution in [2.45, 2.75) is 32.9 Å². The minimum atomic E-state index is -0.690. The van der Waals surface area contributed by atoms with E-state index in [1.165, 1.54) is 18.2 Å². The molecule has 2 aromatic rings. The van der Waals surface area contributed by atoms with E-state index in [0.29, 0.717) is 54.6 Å². The molecule has 0 bridgehead atoms. The Morgan fingerprint density at radius 2 is 1.87 bits per heavy atom. The van der Waals surface area contributed by atoms with Gasteiger partial charge in [-0.1, -0.05) is 29.8 Å². The number of nitrogens with one attached hydrogen (secondary N) is 1. The van der Waals surface area contributed by atoms with E-state index in [2.05, 4.69) is 10.2 Å². The van der Waals surface area contributed by atoms with Crippen molar-refractivity contribution in [1.82, 2.24) is 20.0 Å². The number of likely N-dealkylation sites (N-methyl/N-ethyl adjacent to an activating group) is 1. The second-order valence-electron chi connectivity index (χ2n) is 9.35. The summed E-state index contributed by atoms with van der Waals surface area (Å²) < 4.78 is 19.1. The third-order valence-corrected chi connectivity index (χ3v) is 7.12. The fraction of sp³-hybridized carbons (Fsp3) is 0.393. The highest BCUT2D eigenvalue weighted by Gasteiger charge is 2.39. The number of carbonyl (C=O) groups is 3. The van der Waals surface area contributed by atoms with E-state index in [9.17, 15) is 18.8 Å². The van der Waals surface area contributed by atoms with Crippen LogP contribution in [0.25, 0.3) is 0 Å². The van der Waals surface area contributed by atoms with Gasteiger partial charge in [0.25, 0.3) is 5.91 Å². The molecule has 202 valence electrons. The van der Waals surface area contributed by atoms with Gasteiger partial charge in [0.05, 0.1) is 18.2 Å². The van der Waals surface area contributed by atoms with E-state index < -0.39 is 17.8 Å². The maximum atomic E-state index is 13.7. The largest absolute Gasteiger partial charge is 0.463 e. The number of benzene rings is 2. The second-order valence-corrected chi connectivity index (χ2v) is 9.79. The summed E-state index contributed by atoms with van der Waals surface area (Å²) >= 11 is 6.07. The molecular formula is C28H32ClFN4O4. The van der Waals surface area contributed by atoms with Gasteiger partial charge in [0.15, 0.2) is 0 Å². The lowest BCUT2D eigenvalue weighted by atomic mass is 9.94. The summed E-state index contributed by atoms with van der Waals surface area (Å²) in [7, 11) is 0. The second kappa shape index (κ2) is 12.0. The Balaban J connectivity index is 1.62. The fourth-order valence-corrected chi connectivity index (χ4v) is 5.17. The molecule has 38 heavy (non-hydrogen) atoms. The van der Waals surface area contributed by atoms with Crippen LogP contribution in [0.4, 0.5) is 9.18 Å². The molecule has 1 N–H and O–H groups in total. The van der Waals surface area contributed by atoms with Crippen LogP contribution in [0.15, 0.2) is 59.8 Å². The molecule has 1 fully saturated rings. The highest BCUT2D eigenvalue weighted by atomic mass is 35.5. The van der Waals surface area contributed by atoms with E-state index in [1.54, 1.807) is 47.1 Å². The Bertz CT molecular complexity index is 1240. The van der Waals surface area contributed by atoms with Crippen LogP contribution in [0.2, 0.25) is 5.02 Å². The zero-order valence-electron chi connectivity index (χ0n) is 21.7. The molecule has 2 aliphatic rings. The van der Waals surface area contributed by atoms with Crippen LogP contribution in [-0.2, 0) is 9.53 Å². The third kappa shape index (κ3) is 5.84. The predicted octanol–water partition coefficient (Wildman–Crippen LogP) is 4.23. The zero-order chi connectivity index (χ0) is 27.4. The lowest BCUT2D eigenvalue weighted by molar-refractivity contribution is -0.139. The molecule has 8 nitrogen and oxygen atoms in total. The maximum absolute atomic E-state index is 13.7. The van der Waals surface area contributed by atoms with Crippen LogP contribution in [-0.4, -0.2) is 78.0 Å². The summed E-state index contributed by atoms with van der Waals surface area (Å²) in [6, 6.07) is 11.5. The lowest BCUT2D eigenvalue weighted by Crippen LogP contribution is -2.56. The minimum Gasteiger partial charge on any atom is -0.463 e. The predicted molar refractivity (Wildman–Crippen MR) is 142 cm³/mol. The Labute approximate surface area is 227 Å². The van der Waals surface area contributed by atoms with Crippen molar-refractivity contribution in [3.63, 3.8) is 0 Å². The van der Waals surface area contributed by atoms with Crippen LogP contribution in [0, 0.1) is 5.82 Å². The van der Waals surface area contributed by atoms with Crippen molar-refractivity contribution < 1.29 is 23.5 Å². The van der Waals surface area contributed by atoms with Crippen LogP contribution in [0.3, 0.4) is 0 Å². The standard InChI is InChI=1S/C28H32ClFN4O4/c1-4-33-23(17-32-13-14-34(18(3)16-32)26(35)20-7-6-8-22(30)15-20)24(27(36)38-5-2)25(31-28(33)37)19-9-11-21(29)12-10-19/h6-12,15,18,25H,4-5,13-14,16-17H2,1-3H3,(H,31,37)/t18-,25-/m1/s1. The lowest BCUT2D eigenvalue weighted by Gasteiger charge is -2.43. The molecule has 10 heteroatoms. The average Bonchev–Trinajstić information content (AvgIpc) is 2.89. The average molecular weight is 543 g/mol. The maximum Gasteiger partial charge on any atom is 0.338 e. The van der Waals surface area contributed by atoms with Crippen LogP contribution in [0.5, 0.6) is 0 Å². The number of hydrogen-bond donors (Lipinski definition) is 1. The summed E-state index contributed by atoms with van der Waals surface area (Å²) in [5, 5.41) is 3.50. The number of amides is 3. The monoisotopic (exact) mass is 542 g/mol. The Kier molecular flexibility index (Phi) is 8.69. The van der Waals surface area contributed by atoms with Crippen molar-refractivity contribution in [2.75, 3.05) is 39.3 Å². The highest BCUT2D eigenvalue weighted by molar-refractivity contribution is 6.30. The zero-order valence-corrected chi connectivity index (χ0v) is 22.5. The van der Waals surface area contributed by atoms with Gasteiger partial charge in [-0.05, 0) is 56.7 Å². The smallest absolute Gasteiger partial charge is 0.338 e. The van der Waals surface area contributed by atoms with Gasteiger partial charge in [0.2, 0.25) is 0 Å². The van der Waals surface area contributed by atoms with Crippen molar-refractivity contribution in [1.29, 1.82) is 0 Å². The normalized spacial score (nSPS) is 20.4. The quantitative estimate of drug-likeness (QED) is 0.530. The number of ether oxygens (including phenoxy) is 1. The highest BCUT2D eigenvalue weighted by Crippen LogP contribution is 2.33. The number of rotatable bonds is 7. The van der Waals surface area contributed by atoms with Gasteiger partial charge < -0.3 is 15.0 Å². The van der Waals surface area contributed by atoms with Gasteiger partial charge in [-0.3, -0.25) is 14.6 Å². The molecule has 2 atom stereocenters. The first-order valence-electron chi connectivity index (χ1n) is 12.8. The molecule has 0 saturated carbocycles. The van der Waals surface area contributed by atoms with Gasteiger partial charge in [-0.25, -0.2) is 14.0 Å². The number of carbonyl (C=O) groups excluding carboxylic acids is 3. The van der Waals surface area contributed by atoms with E-state index in [4.69, 9.17) is 16.3 Å². The summed E-state index contributed by atoms with van der Waals surface area (Å²) in [4.78, 5) is 44.9. The molecule has 0 unspecified atom stereocenters. The number of urea groups is 1. The molecule has 0 aliphatic carbocycles. The first-order valence-corrected chi connectivity index (χ1v) is 13.1. The molecule has 0 radical (unpaired) electrons. The topological polar surface area (TPSA) is 82.2 Å². The van der Waals surface area contributed by atoms with E-state index >= 15 is 0 Å². The molecule has 0 aromatic heterocycles. The summed E-state index contributed by atoms with van der Waals surface area (Å²) in [5.74, 6) is -1.17. The van der Waals surface area contributed by atoms with Gasteiger partial charge in [-0.2, -0.15) is 0 Å². The third-order valence-electron chi connectivity index (χ3n) is 6.87. The summed E-state index contributed by atoms with van der Waals surface area (Å²) in [6.07, 6.45) is 0. The van der Waals surface area contributed by atoms with E-state index in [1.807, 2.05) is 13.8 Å². The molecule has 2 heterocycles. The fourth-order valence-electron chi connectivity index (χ4n) is 5.04.